The molecule has 2 amide bonds. The lowest BCUT2D eigenvalue weighted by Gasteiger charge is -2.23. The van der Waals surface area contributed by atoms with Gasteiger partial charge in [0.2, 0.25) is 0 Å². The molecule has 24 heavy (non-hydrogen) atoms. The van der Waals surface area contributed by atoms with Crippen molar-refractivity contribution in [3.8, 4) is 0 Å². The molecule has 0 aliphatic rings. The van der Waals surface area contributed by atoms with Crippen molar-refractivity contribution in [2.24, 2.45) is 0 Å². The summed E-state index contributed by atoms with van der Waals surface area (Å²) in [6, 6.07) is 8.35. The lowest BCUT2D eigenvalue weighted by atomic mass is 10.1. The van der Waals surface area contributed by atoms with Crippen LogP contribution in [0.1, 0.15) is 30.5 Å². The summed E-state index contributed by atoms with van der Waals surface area (Å²) >= 11 is 1.60. The Bertz CT molecular complexity index is 769. The Hall–Kier alpha value is -1.86. The molecule has 1 heterocycles. The highest BCUT2D eigenvalue weighted by Gasteiger charge is 2.17. The van der Waals surface area contributed by atoms with Crippen LogP contribution in [0.5, 0.6) is 0 Å². The van der Waals surface area contributed by atoms with Gasteiger partial charge >= 0.3 is 6.03 Å². The van der Waals surface area contributed by atoms with Gasteiger partial charge in [-0.15, -0.1) is 0 Å². The van der Waals surface area contributed by atoms with Gasteiger partial charge in [-0.1, -0.05) is 19.1 Å². The van der Waals surface area contributed by atoms with Crippen LogP contribution in [0.15, 0.2) is 46.0 Å². The first kappa shape index (κ1) is 18.5. The van der Waals surface area contributed by atoms with E-state index in [4.69, 9.17) is 0 Å². The van der Waals surface area contributed by atoms with Gasteiger partial charge in [-0.2, -0.15) is 11.3 Å². The van der Waals surface area contributed by atoms with Crippen molar-refractivity contribution in [2.75, 3.05) is 13.3 Å². The zero-order valence-electron chi connectivity index (χ0n) is 14.0. The number of carbonyl (C=O) groups excluding carboxylic acids is 1. The van der Waals surface area contributed by atoms with Crippen LogP contribution in [0.4, 0.5) is 4.79 Å². The molecule has 0 aliphatic carbocycles. The predicted octanol–water partition coefficient (Wildman–Crippen LogP) is 3.44. The van der Waals surface area contributed by atoms with Crippen molar-refractivity contribution >= 4 is 27.2 Å². The van der Waals surface area contributed by atoms with Gasteiger partial charge in [0.1, 0.15) is 0 Å². The molecule has 1 aromatic carbocycles. The monoisotopic (exact) mass is 366 g/mol. The van der Waals surface area contributed by atoms with E-state index in [1.165, 1.54) is 6.26 Å². The van der Waals surface area contributed by atoms with Gasteiger partial charge in [0.15, 0.2) is 9.84 Å². The molecule has 1 unspecified atom stereocenters. The van der Waals surface area contributed by atoms with Crippen LogP contribution in [-0.4, -0.2) is 32.7 Å². The lowest BCUT2D eigenvalue weighted by Crippen LogP contribution is -2.38. The van der Waals surface area contributed by atoms with Crippen molar-refractivity contribution in [2.45, 2.75) is 30.8 Å². The highest BCUT2D eigenvalue weighted by Crippen LogP contribution is 2.19. The molecule has 0 saturated heterocycles. The first-order chi connectivity index (χ1) is 11.3. The van der Waals surface area contributed by atoms with Gasteiger partial charge in [0, 0.05) is 19.8 Å². The number of rotatable bonds is 6. The fourth-order valence-electron chi connectivity index (χ4n) is 2.36. The van der Waals surface area contributed by atoms with Gasteiger partial charge in [-0.25, -0.2) is 13.2 Å². The topological polar surface area (TPSA) is 66.5 Å². The number of urea groups is 1. The van der Waals surface area contributed by atoms with Crippen LogP contribution in [0.2, 0.25) is 0 Å². The SMILES string of the molecule is CCC(NC(=O)N(C)Cc1ccsc1)c1ccc(S(C)(=O)=O)cc1. The summed E-state index contributed by atoms with van der Waals surface area (Å²) in [5.41, 5.74) is 1.99. The number of sulfone groups is 1. The summed E-state index contributed by atoms with van der Waals surface area (Å²) in [6.45, 7) is 2.53. The fraction of sp³-hybridized carbons (Fsp3) is 0.353. The van der Waals surface area contributed by atoms with Crippen LogP contribution in [0, 0.1) is 0 Å². The summed E-state index contributed by atoms with van der Waals surface area (Å²) in [6.07, 6.45) is 1.90. The third-order valence-corrected chi connectivity index (χ3v) is 5.62. The Kier molecular flexibility index (Phi) is 6.01. The van der Waals surface area contributed by atoms with E-state index in [2.05, 4.69) is 5.32 Å². The van der Waals surface area contributed by atoms with Gasteiger partial charge in [-0.05, 0) is 46.5 Å². The van der Waals surface area contributed by atoms with E-state index in [1.54, 1.807) is 47.5 Å². The summed E-state index contributed by atoms with van der Waals surface area (Å²) in [7, 11) is -1.46. The molecule has 7 heteroatoms. The number of benzene rings is 1. The van der Waals surface area contributed by atoms with Crippen LogP contribution in [0.25, 0.3) is 0 Å². The van der Waals surface area contributed by atoms with Crippen LogP contribution in [0.3, 0.4) is 0 Å². The Balaban J connectivity index is 2.04. The first-order valence-electron chi connectivity index (χ1n) is 7.64. The first-order valence-corrected chi connectivity index (χ1v) is 10.5. The fourth-order valence-corrected chi connectivity index (χ4v) is 3.65. The van der Waals surface area contributed by atoms with Gasteiger partial charge in [0.25, 0.3) is 0 Å². The molecule has 0 fully saturated rings. The second-order valence-corrected chi connectivity index (χ2v) is 8.53. The molecule has 0 saturated carbocycles. The number of hydrogen-bond donors (Lipinski definition) is 1. The van der Waals surface area contributed by atoms with E-state index >= 15 is 0 Å². The Morgan fingerprint density at radius 2 is 1.92 bits per heavy atom. The molecule has 2 rings (SSSR count). The molecule has 0 bridgehead atoms. The standard InChI is InChI=1S/C17H22N2O3S2/c1-4-16(14-5-7-15(8-6-14)24(3,21)22)18-17(20)19(2)11-13-9-10-23-12-13/h5-10,12,16H,4,11H2,1-3H3,(H,18,20). The third kappa shape index (κ3) is 4.82. The molecule has 5 nitrogen and oxygen atoms in total. The second-order valence-electron chi connectivity index (χ2n) is 5.74. The molecular weight excluding hydrogens is 344 g/mol. The third-order valence-electron chi connectivity index (χ3n) is 3.76. The van der Waals surface area contributed by atoms with Crippen molar-refractivity contribution in [3.63, 3.8) is 0 Å². The van der Waals surface area contributed by atoms with Crippen LogP contribution < -0.4 is 5.32 Å². The highest BCUT2D eigenvalue weighted by atomic mass is 32.2. The quantitative estimate of drug-likeness (QED) is 0.851. The molecule has 2 aromatic rings. The maximum absolute atomic E-state index is 12.4. The highest BCUT2D eigenvalue weighted by molar-refractivity contribution is 7.90. The molecule has 1 aromatic heterocycles. The van der Waals surface area contributed by atoms with Gasteiger partial charge < -0.3 is 10.2 Å². The number of hydrogen-bond acceptors (Lipinski definition) is 4. The normalized spacial score (nSPS) is 12.6. The van der Waals surface area contributed by atoms with E-state index in [9.17, 15) is 13.2 Å². The van der Waals surface area contributed by atoms with Crippen molar-refractivity contribution < 1.29 is 13.2 Å². The van der Waals surface area contributed by atoms with E-state index in [-0.39, 0.29) is 17.0 Å². The summed E-state index contributed by atoms with van der Waals surface area (Å²) in [5, 5.41) is 7.00. The number of nitrogens with one attached hydrogen (secondary N) is 1. The summed E-state index contributed by atoms with van der Waals surface area (Å²) < 4.78 is 23.1. The molecule has 0 aliphatic heterocycles. The average Bonchev–Trinajstić information content (AvgIpc) is 3.04. The Labute approximate surface area is 147 Å². The van der Waals surface area contributed by atoms with Crippen LogP contribution in [-0.2, 0) is 16.4 Å². The van der Waals surface area contributed by atoms with Crippen molar-refractivity contribution in [1.29, 1.82) is 0 Å². The van der Waals surface area contributed by atoms with E-state index in [0.29, 0.717) is 6.54 Å². The van der Waals surface area contributed by atoms with E-state index in [1.807, 2.05) is 23.8 Å². The summed E-state index contributed by atoms with van der Waals surface area (Å²) in [5.74, 6) is 0. The largest absolute Gasteiger partial charge is 0.331 e. The average molecular weight is 367 g/mol. The molecular formula is C17H22N2O3S2. The molecule has 0 radical (unpaired) electrons. The maximum Gasteiger partial charge on any atom is 0.317 e. The van der Waals surface area contributed by atoms with Crippen molar-refractivity contribution in [3.05, 3.63) is 52.2 Å². The number of amides is 2. The maximum atomic E-state index is 12.4. The molecule has 130 valence electrons. The zero-order valence-corrected chi connectivity index (χ0v) is 15.7. The Morgan fingerprint density at radius 1 is 1.25 bits per heavy atom. The van der Waals surface area contributed by atoms with Gasteiger partial charge in [0.05, 0.1) is 10.9 Å². The Morgan fingerprint density at radius 3 is 2.42 bits per heavy atom. The second kappa shape index (κ2) is 7.81. The number of carbonyl (C=O) groups is 1. The van der Waals surface area contributed by atoms with Crippen molar-refractivity contribution in [1.82, 2.24) is 10.2 Å². The smallest absolute Gasteiger partial charge is 0.317 e. The van der Waals surface area contributed by atoms with Gasteiger partial charge in [-0.3, -0.25) is 0 Å². The van der Waals surface area contributed by atoms with Crippen LogP contribution >= 0.6 is 11.3 Å². The lowest BCUT2D eigenvalue weighted by molar-refractivity contribution is 0.202. The van der Waals surface area contributed by atoms with E-state index in [0.717, 1.165) is 17.5 Å². The number of thiophene rings is 1. The summed E-state index contributed by atoms with van der Waals surface area (Å²) in [4.78, 5) is 14.3. The minimum absolute atomic E-state index is 0.153. The minimum atomic E-state index is -3.21. The zero-order chi connectivity index (χ0) is 17.7. The minimum Gasteiger partial charge on any atom is -0.331 e. The predicted molar refractivity (Wildman–Crippen MR) is 96.9 cm³/mol. The van der Waals surface area contributed by atoms with E-state index < -0.39 is 9.84 Å². The molecule has 1 N–H and O–H groups in total. The molecule has 1 atom stereocenters. The molecule has 0 spiro atoms. The number of nitrogens with zero attached hydrogens (tertiary/aromatic N) is 1.